The minimum absolute atomic E-state index is 0.0127. The molecule has 8 heteroatoms. The van der Waals surface area contributed by atoms with E-state index in [4.69, 9.17) is 11.6 Å². The van der Waals surface area contributed by atoms with Crippen LogP contribution in [0.4, 0.5) is 5.69 Å². The maximum Gasteiger partial charge on any atom is 0.261 e. The van der Waals surface area contributed by atoms with Gasteiger partial charge in [0.05, 0.1) is 23.8 Å². The number of hydrogen-bond donors (Lipinski definition) is 0. The SMILES string of the molecule is CC(=O)N1CCN(c2ccc3ncn(CC(=O)CC(C)c4ccc(Cl)cc4)c(=O)c3c2)CC1. The van der Waals surface area contributed by atoms with Gasteiger partial charge in [0.2, 0.25) is 5.91 Å². The number of halogens is 1. The van der Waals surface area contributed by atoms with Crippen LogP contribution in [0.1, 0.15) is 31.7 Å². The smallest absolute Gasteiger partial charge is 0.261 e. The molecule has 2 heterocycles. The van der Waals surface area contributed by atoms with Gasteiger partial charge in [-0.3, -0.25) is 19.0 Å². The Balaban J connectivity index is 1.49. The third-order valence-electron chi connectivity index (χ3n) is 6.22. The fourth-order valence-corrected chi connectivity index (χ4v) is 4.37. The largest absolute Gasteiger partial charge is 0.368 e. The molecule has 0 N–H and O–H groups in total. The molecular formula is C25H27ClN4O3. The van der Waals surface area contributed by atoms with Gasteiger partial charge >= 0.3 is 0 Å². The van der Waals surface area contributed by atoms with Crippen molar-refractivity contribution in [2.24, 2.45) is 0 Å². The van der Waals surface area contributed by atoms with Crippen LogP contribution in [0.25, 0.3) is 10.9 Å². The third kappa shape index (κ3) is 5.25. The van der Waals surface area contributed by atoms with Gasteiger partial charge < -0.3 is 9.80 Å². The van der Waals surface area contributed by atoms with Gasteiger partial charge in [-0.1, -0.05) is 30.7 Å². The first-order valence-electron chi connectivity index (χ1n) is 11.1. The van der Waals surface area contributed by atoms with E-state index in [2.05, 4.69) is 9.88 Å². The molecule has 4 rings (SSSR count). The normalized spacial score (nSPS) is 15.0. The van der Waals surface area contributed by atoms with Crippen molar-refractivity contribution >= 4 is 39.9 Å². The highest BCUT2D eigenvalue weighted by molar-refractivity contribution is 6.30. The monoisotopic (exact) mass is 466 g/mol. The molecule has 3 aromatic rings. The summed E-state index contributed by atoms with van der Waals surface area (Å²) >= 11 is 5.94. The highest BCUT2D eigenvalue weighted by Gasteiger charge is 2.20. The summed E-state index contributed by atoms with van der Waals surface area (Å²) in [4.78, 5) is 45.8. The van der Waals surface area contributed by atoms with E-state index < -0.39 is 0 Å². The van der Waals surface area contributed by atoms with Crippen LogP contribution in [-0.2, 0) is 16.1 Å². The zero-order valence-electron chi connectivity index (χ0n) is 18.8. The summed E-state index contributed by atoms with van der Waals surface area (Å²) in [5.74, 6) is 0.0756. The van der Waals surface area contributed by atoms with Gasteiger partial charge in [0.25, 0.3) is 5.56 Å². The number of fused-ring (bicyclic) bond motifs is 1. The molecule has 1 aromatic heterocycles. The van der Waals surface area contributed by atoms with Gasteiger partial charge in [-0.05, 0) is 41.8 Å². The average molecular weight is 467 g/mol. The second kappa shape index (κ2) is 9.75. The molecule has 1 fully saturated rings. The average Bonchev–Trinajstić information content (AvgIpc) is 2.81. The van der Waals surface area contributed by atoms with E-state index in [0.717, 1.165) is 11.3 Å². The van der Waals surface area contributed by atoms with Crippen LogP contribution in [-0.4, -0.2) is 52.3 Å². The molecule has 1 unspecified atom stereocenters. The molecule has 172 valence electrons. The number of rotatable bonds is 6. The number of amides is 1. The van der Waals surface area contributed by atoms with Gasteiger partial charge in [0.15, 0.2) is 5.78 Å². The fraction of sp³-hybridized carbons (Fsp3) is 0.360. The topological polar surface area (TPSA) is 75.5 Å². The molecule has 1 saturated heterocycles. The lowest BCUT2D eigenvalue weighted by molar-refractivity contribution is -0.129. The Morgan fingerprint density at radius 1 is 1.06 bits per heavy atom. The van der Waals surface area contributed by atoms with Crippen LogP contribution in [0, 0.1) is 0 Å². The summed E-state index contributed by atoms with van der Waals surface area (Å²) in [5, 5.41) is 1.15. The van der Waals surface area contributed by atoms with Crippen molar-refractivity contribution in [3.63, 3.8) is 0 Å². The summed E-state index contributed by atoms with van der Waals surface area (Å²) in [7, 11) is 0. The summed E-state index contributed by atoms with van der Waals surface area (Å²) in [6.45, 7) is 6.29. The molecule has 1 aliphatic heterocycles. The first-order chi connectivity index (χ1) is 15.8. The lowest BCUT2D eigenvalue weighted by Crippen LogP contribution is -2.48. The van der Waals surface area contributed by atoms with Crippen LogP contribution in [0.3, 0.4) is 0 Å². The lowest BCUT2D eigenvalue weighted by Gasteiger charge is -2.35. The van der Waals surface area contributed by atoms with Crippen molar-refractivity contribution in [1.29, 1.82) is 0 Å². The first-order valence-corrected chi connectivity index (χ1v) is 11.5. The molecule has 0 radical (unpaired) electrons. The van der Waals surface area contributed by atoms with Gasteiger partial charge in [-0.15, -0.1) is 0 Å². The summed E-state index contributed by atoms with van der Waals surface area (Å²) in [5.41, 5.74) is 2.33. The van der Waals surface area contributed by atoms with Crippen LogP contribution in [0.15, 0.2) is 53.6 Å². The third-order valence-corrected chi connectivity index (χ3v) is 6.47. The number of carbonyl (C=O) groups excluding carboxylic acids is 2. The number of aromatic nitrogens is 2. The molecule has 1 atom stereocenters. The van der Waals surface area contributed by atoms with Crippen molar-refractivity contribution in [3.05, 3.63) is 69.7 Å². The Morgan fingerprint density at radius 2 is 1.76 bits per heavy atom. The number of hydrogen-bond acceptors (Lipinski definition) is 5. The van der Waals surface area contributed by atoms with Crippen LogP contribution >= 0.6 is 11.6 Å². The maximum absolute atomic E-state index is 13.1. The molecule has 33 heavy (non-hydrogen) atoms. The van der Waals surface area contributed by atoms with Crippen molar-refractivity contribution in [2.45, 2.75) is 32.7 Å². The van der Waals surface area contributed by atoms with E-state index in [9.17, 15) is 14.4 Å². The van der Waals surface area contributed by atoms with Gasteiger partial charge in [-0.2, -0.15) is 0 Å². The highest BCUT2D eigenvalue weighted by Crippen LogP contribution is 2.22. The summed E-state index contributed by atoms with van der Waals surface area (Å²) < 4.78 is 1.39. The van der Waals surface area contributed by atoms with E-state index in [-0.39, 0.29) is 29.7 Å². The van der Waals surface area contributed by atoms with Crippen molar-refractivity contribution < 1.29 is 9.59 Å². The Morgan fingerprint density at radius 3 is 2.42 bits per heavy atom. The van der Waals surface area contributed by atoms with Crippen molar-refractivity contribution in [1.82, 2.24) is 14.5 Å². The number of piperazine rings is 1. The fourth-order valence-electron chi connectivity index (χ4n) is 4.24. The Kier molecular flexibility index (Phi) is 6.79. The number of Topliss-reactive ketones (excluding diaryl/α,β-unsaturated/α-hetero) is 1. The van der Waals surface area contributed by atoms with E-state index in [0.29, 0.717) is 48.5 Å². The number of ketones is 1. The van der Waals surface area contributed by atoms with E-state index in [1.165, 1.54) is 10.9 Å². The highest BCUT2D eigenvalue weighted by atomic mass is 35.5. The molecule has 1 aliphatic rings. The predicted octanol–water partition coefficient (Wildman–Crippen LogP) is 3.48. The zero-order valence-corrected chi connectivity index (χ0v) is 19.6. The number of benzene rings is 2. The number of anilines is 1. The minimum Gasteiger partial charge on any atom is -0.368 e. The van der Waals surface area contributed by atoms with Crippen LogP contribution in [0.2, 0.25) is 5.02 Å². The molecule has 7 nitrogen and oxygen atoms in total. The number of carbonyl (C=O) groups is 2. The molecule has 2 aromatic carbocycles. The second-order valence-electron chi connectivity index (χ2n) is 8.57. The van der Waals surface area contributed by atoms with E-state index in [1.807, 2.05) is 54.3 Å². The van der Waals surface area contributed by atoms with E-state index in [1.54, 1.807) is 6.92 Å². The summed E-state index contributed by atoms with van der Waals surface area (Å²) in [6.07, 6.45) is 1.77. The Labute approximate surface area is 197 Å². The zero-order chi connectivity index (χ0) is 23.5. The molecule has 0 bridgehead atoms. The van der Waals surface area contributed by atoms with Crippen molar-refractivity contribution in [2.75, 3.05) is 31.1 Å². The molecule has 0 spiro atoms. The van der Waals surface area contributed by atoms with Gasteiger partial charge in [0, 0.05) is 50.2 Å². The molecular weight excluding hydrogens is 440 g/mol. The lowest BCUT2D eigenvalue weighted by atomic mass is 9.96. The maximum atomic E-state index is 13.1. The molecule has 0 aliphatic carbocycles. The molecule has 0 saturated carbocycles. The van der Waals surface area contributed by atoms with E-state index >= 15 is 0 Å². The Bertz CT molecular complexity index is 1230. The summed E-state index contributed by atoms with van der Waals surface area (Å²) in [6, 6.07) is 13.1. The standard InChI is InChI=1S/C25H27ClN4O3/c1-17(19-3-5-20(26)6-4-19)13-22(32)15-30-16-27-24-8-7-21(14-23(24)25(30)33)29-11-9-28(10-12-29)18(2)31/h3-8,14,16-17H,9-13,15H2,1-2H3. The van der Waals surface area contributed by atoms with Gasteiger partial charge in [0.1, 0.15) is 0 Å². The Hall–Kier alpha value is -3.19. The first kappa shape index (κ1) is 23.0. The minimum atomic E-state index is -0.225. The quantitative estimate of drug-likeness (QED) is 0.556. The second-order valence-corrected chi connectivity index (χ2v) is 9.00. The van der Waals surface area contributed by atoms with Crippen LogP contribution in [0.5, 0.6) is 0 Å². The predicted molar refractivity (Wildman–Crippen MR) is 130 cm³/mol. The number of nitrogens with zero attached hydrogens (tertiary/aromatic N) is 4. The van der Waals surface area contributed by atoms with Gasteiger partial charge in [-0.25, -0.2) is 4.98 Å². The van der Waals surface area contributed by atoms with Crippen LogP contribution < -0.4 is 10.5 Å². The molecule has 1 amide bonds. The van der Waals surface area contributed by atoms with Crippen molar-refractivity contribution in [3.8, 4) is 0 Å².